The summed E-state index contributed by atoms with van der Waals surface area (Å²) in [6.45, 7) is 2.06. The second-order valence-corrected chi connectivity index (χ2v) is 9.49. The Bertz CT molecular complexity index is 1530. The Kier molecular flexibility index (Phi) is 5.83. The molecule has 32 heavy (non-hydrogen) atoms. The summed E-state index contributed by atoms with van der Waals surface area (Å²) >= 11 is 11.4. The van der Waals surface area contributed by atoms with Gasteiger partial charge in [-0.3, -0.25) is 0 Å². The van der Waals surface area contributed by atoms with Crippen molar-refractivity contribution in [2.45, 2.75) is 6.92 Å². The first kappa shape index (κ1) is 20.9. The molecule has 2 aromatic heterocycles. The smallest absolute Gasteiger partial charge is 0.211 e. The highest BCUT2D eigenvalue weighted by atomic mass is 79.9. The van der Waals surface area contributed by atoms with Crippen molar-refractivity contribution >= 4 is 61.7 Å². The topological polar surface area (TPSA) is 45.4 Å². The molecule has 1 N–H and O–H groups in total. The van der Waals surface area contributed by atoms with Gasteiger partial charge in [0.25, 0.3) is 0 Å². The van der Waals surface area contributed by atoms with Crippen LogP contribution in [0.25, 0.3) is 22.2 Å². The van der Waals surface area contributed by atoms with Crippen LogP contribution >= 0.6 is 38.9 Å². The average Bonchev–Trinajstić information content (AvgIpc) is 3.37. The van der Waals surface area contributed by atoms with E-state index in [1.165, 1.54) is 0 Å². The summed E-state index contributed by atoms with van der Waals surface area (Å²) in [6.07, 6.45) is 3.83. The van der Waals surface area contributed by atoms with Crippen LogP contribution < -0.4 is 4.80 Å². The van der Waals surface area contributed by atoms with Gasteiger partial charge in [0.2, 0.25) is 4.80 Å². The molecule has 0 aliphatic carbocycles. The highest BCUT2D eigenvalue weighted by Crippen LogP contribution is 2.25. The molecule has 0 amide bonds. The molecule has 5 rings (SSSR count). The van der Waals surface area contributed by atoms with Gasteiger partial charge in [-0.2, -0.15) is 5.10 Å². The number of H-pyrrole nitrogens is 1. The first-order valence-electron chi connectivity index (χ1n) is 9.96. The maximum Gasteiger partial charge on any atom is 0.211 e. The van der Waals surface area contributed by atoms with Crippen molar-refractivity contribution in [2.24, 2.45) is 10.1 Å². The molecule has 0 radical (unpaired) electrons. The number of aromatic nitrogens is 2. The summed E-state index contributed by atoms with van der Waals surface area (Å²) < 4.78 is 2.90. The molecule has 2 heterocycles. The third kappa shape index (κ3) is 4.21. The Labute approximate surface area is 202 Å². The fourth-order valence-electron chi connectivity index (χ4n) is 3.47. The first-order valence-corrected chi connectivity index (χ1v) is 12.0. The van der Waals surface area contributed by atoms with E-state index in [9.17, 15) is 0 Å². The highest BCUT2D eigenvalue weighted by Gasteiger charge is 2.09. The van der Waals surface area contributed by atoms with Gasteiger partial charge < -0.3 is 4.98 Å². The molecule has 0 aliphatic heterocycles. The number of hydrogen-bond acceptors (Lipinski definition) is 3. The normalized spacial score (nSPS) is 12.3. The first-order chi connectivity index (χ1) is 15.6. The van der Waals surface area contributed by atoms with Gasteiger partial charge in [0, 0.05) is 43.1 Å². The number of halogens is 2. The summed E-state index contributed by atoms with van der Waals surface area (Å²) in [5.41, 5.74) is 6.01. The summed E-state index contributed by atoms with van der Waals surface area (Å²) in [5, 5.41) is 8.69. The maximum atomic E-state index is 6.27. The number of rotatable bonds is 4. The molecule has 158 valence electrons. The summed E-state index contributed by atoms with van der Waals surface area (Å²) in [4.78, 5) is 8.99. The Balaban J connectivity index is 1.68. The predicted molar refractivity (Wildman–Crippen MR) is 138 cm³/mol. The van der Waals surface area contributed by atoms with Gasteiger partial charge in [-0.05, 0) is 48.9 Å². The van der Waals surface area contributed by atoms with Gasteiger partial charge in [0.15, 0.2) is 0 Å². The van der Waals surface area contributed by atoms with Gasteiger partial charge in [0.1, 0.15) is 0 Å². The number of nitrogens with one attached hydrogen (secondary N) is 1. The van der Waals surface area contributed by atoms with E-state index in [1.54, 1.807) is 11.3 Å². The Hall–Kier alpha value is -2.93. The quantitative estimate of drug-likeness (QED) is 0.238. The summed E-state index contributed by atoms with van der Waals surface area (Å²) in [5.74, 6) is 0. The molecule has 3 aromatic carbocycles. The summed E-state index contributed by atoms with van der Waals surface area (Å²) in [6, 6.07) is 22.0. The van der Waals surface area contributed by atoms with Crippen molar-refractivity contribution in [1.82, 2.24) is 9.66 Å². The second kappa shape index (κ2) is 8.90. The van der Waals surface area contributed by atoms with E-state index >= 15 is 0 Å². The monoisotopic (exact) mass is 520 g/mol. The lowest BCUT2D eigenvalue weighted by Crippen LogP contribution is -2.11. The van der Waals surface area contributed by atoms with Crippen LogP contribution in [0, 0.1) is 6.92 Å². The minimum atomic E-state index is 0.683. The van der Waals surface area contributed by atoms with E-state index in [0.29, 0.717) is 5.02 Å². The van der Waals surface area contributed by atoms with E-state index in [1.807, 2.05) is 71.7 Å². The molecule has 0 saturated heterocycles. The van der Waals surface area contributed by atoms with Crippen molar-refractivity contribution in [3.05, 3.63) is 104 Å². The summed E-state index contributed by atoms with van der Waals surface area (Å²) in [7, 11) is 0. The number of fused-ring (bicyclic) bond motifs is 1. The van der Waals surface area contributed by atoms with Crippen molar-refractivity contribution in [2.75, 3.05) is 0 Å². The number of hydrogen-bond donors (Lipinski definition) is 1. The molecular weight excluding hydrogens is 504 g/mol. The third-order valence-corrected chi connectivity index (χ3v) is 6.67. The third-order valence-electron chi connectivity index (χ3n) is 5.13. The van der Waals surface area contributed by atoms with Gasteiger partial charge in [-0.15, -0.1) is 11.3 Å². The van der Waals surface area contributed by atoms with Crippen molar-refractivity contribution in [3.63, 3.8) is 0 Å². The number of thiazole rings is 1. The molecule has 0 fully saturated rings. The number of benzene rings is 3. The number of nitrogens with zero attached hydrogens (tertiary/aromatic N) is 3. The largest absolute Gasteiger partial charge is 0.361 e. The Morgan fingerprint density at radius 2 is 1.94 bits per heavy atom. The highest BCUT2D eigenvalue weighted by molar-refractivity contribution is 9.10. The van der Waals surface area contributed by atoms with Gasteiger partial charge in [-0.1, -0.05) is 57.9 Å². The van der Waals surface area contributed by atoms with Crippen molar-refractivity contribution < 1.29 is 0 Å². The molecule has 0 atom stereocenters. The molecule has 4 nitrogen and oxygen atoms in total. The molecule has 0 bridgehead atoms. The van der Waals surface area contributed by atoms with Crippen LogP contribution in [0.1, 0.15) is 11.1 Å². The van der Waals surface area contributed by atoms with E-state index in [4.69, 9.17) is 21.7 Å². The van der Waals surface area contributed by atoms with Crippen LogP contribution in [-0.2, 0) is 0 Å². The lowest BCUT2D eigenvalue weighted by molar-refractivity contribution is 0.854. The molecule has 0 unspecified atom stereocenters. The standard InChI is InChI=1S/C25H18BrClN4S/c1-16-5-2-3-8-22(16)30-25-31(24(15-32-25)17-6-4-7-20(27)11-17)29-14-18-13-28-23-10-9-19(26)12-21(18)23/h2-15,28H,1H3/b29-14+,30-25?. The van der Waals surface area contributed by atoms with Crippen LogP contribution in [0.3, 0.4) is 0 Å². The van der Waals surface area contributed by atoms with E-state index in [2.05, 4.69) is 45.4 Å². The van der Waals surface area contributed by atoms with Gasteiger partial charge >= 0.3 is 0 Å². The van der Waals surface area contributed by atoms with Crippen molar-refractivity contribution in [1.29, 1.82) is 0 Å². The van der Waals surface area contributed by atoms with Gasteiger partial charge in [-0.25, -0.2) is 9.67 Å². The van der Waals surface area contributed by atoms with E-state index in [-0.39, 0.29) is 0 Å². The molecule has 5 aromatic rings. The van der Waals surface area contributed by atoms with Gasteiger partial charge in [0.05, 0.1) is 17.6 Å². The fourth-order valence-corrected chi connectivity index (χ4v) is 4.87. The Morgan fingerprint density at radius 1 is 1.06 bits per heavy atom. The van der Waals surface area contributed by atoms with Crippen LogP contribution in [-0.4, -0.2) is 15.9 Å². The maximum absolute atomic E-state index is 6.27. The van der Waals surface area contributed by atoms with Crippen LogP contribution in [0.5, 0.6) is 0 Å². The van der Waals surface area contributed by atoms with Crippen LogP contribution in [0.4, 0.5) is 5.69 Å². The zero-order valence-corrected chi connectivity index (χ0v) is 20.2. The van der Waals surface area contributed by atoms with E-state index in [0.717, 1.165) is 48.2 Å². The zero-order chi connectivity index (χ0) is 22.1. The van der Waals surface area contributed by atoms with Crippen LogP contribution in [0.2, 0.25) is 5.02 Å². The average molecular weight is 522 g/mol. The molecule has 7 heteroatoms. The lowest BCUT2D eigenvalue weighted by Gasteiger charge is -2.04. The van der Waals surface area contributed by atoms with Crippen LogP contribution in [0.15, 0.2) is 92.9 Å². The number of aryl methyl sites for hydroxylation is 1. The lowest BCUT2D eigenvalue weighted by atomic mass is 10.2. The van der Waals surface area contributed by atoms with E-state index < -0.39 is 0 Å². The molecular formula is C25H18BrClN4S. The molecule has 0 saturated carbocycles. The Morgan fingerprint density at radius 3 is 2.78 bits per heavy atom. The number of aromatic amines is 1. The molecule has 0 aliphatic rings. The molecule has 0 spiro atoms. The SMILES string of the molecule is Cc1ccccc1N=c1scc(-c2cccc(Cl)c2)n1/N=C/c1c[nH]c2ccc(Br)cc12. The minimum absolute atomic E-state index is 0.683. The van der Waals surface area contributed by atoms with Crippen molar-refractivity contribution in [3.8, 4) is 11.3 Å². The number of para-hydroxylation sites is 1. The zero-order valence-electron chi connectivity index (χ0n) is 17.1. The second-order valence-electron chi connectivity index (χ2n) is 7.30. The minimum Gasteiger partial charge on any atom is -0.361 e. The predicted octanol–water partition coefficient (Wildman–Crippen LogP) is 7.54. The fraction of sp³-hybridized carbons (Fsp3) is 0.0400.